The van der Waals surface area contributed by atoms with Crippen molar-refractivity contribution in [1.82, 2.24) is 5.48 Å². The van der Waals surface area contributed by atoms with Crippen LogP contribution in [0.3, 0.4) is 0 Å². The molecule has 1 aliphatic carbocycles. The van der Waals surface area contributed by atoms with E-state index in [0.717, 1.165) is 28.0 Å². The summed E-state index contributed by atoms with van der Waals surface area (Å²) >= 11 is 8.32. The summed E-state index contributed by atoms with van der Waals surface area (Å²) in [5, 5.41) is 3.08. The smallest absolute Gasteiger partial charge is 0.277 e. The molecule has 0 saturated heterocycles. The molecule has 2 aromatic rings. The number of hydrogen-bond donors (Lipinski definition) is 2. The second-order valence-electron chi connectivity index (χ2n) is 6.18. The van der Waals surface area contributed by atoms with Crippen molar-refractivity contribution in [3.05, 3.63) is 55.6 Å². The van der Waals surface area contributed by atoms with Gasteiger partial charge in [0.05, 0.1) is 28.6 Å². The van der Waals surface area contributed by atoms with Crippen molar-refractivity contribution in [3.63, 3.8) is 0 Å². The van der Waals surface area contributed by atoms with E-state index >= 15 is 0 Å². The Morgan fingerprint density at radius 3 is 2.77 bits per heavy atom. The van der Waals surface area contributed by atoms with Gasteiger partial charge < -0.3 is 5.32 Å². The molecule has 0 bridgehead atoms. The van der Waals surface area contributed by atoms with Crippen molar-refractivity contribution < 1.29 is 18.4 Å². The summed E-state index contributed by atoms with van der Waals surface area (Å²) < 4.78 is 29.0. The normalized spacial score (nSPS) is 13.6. The third-order valence-electron chi connectivity index (χ3n) is 4.03. The zero-order valence-electron chi connectivity index (χ0n) is 13.8. The van der Waals surface area contributed by atoms with E-state index in [1.165, 1.54) is 6.07 Å². The van der Waals surface area contributed by atoms with Gasteiger partial charge in [-0.25, -0.2) is 14.3 Å². The van der Waals surface area contributed by atoms with Gasteiger partial charge in [-0.15, -0.1) is 0 Å². The van der Waals surface area contributed by atoms with Crippen LogP contribution >= 0.6 is 34.2 Å². The fourth-order valence-electron chi connectivity index (χ4n) is 2.31. The first-order valence-corrected chi connectivity index (χ1v) is 9.45. The van der Waals surface area contributed by atoms with E-state index in [0.29, 0.717) is 23.2 Å². The number of hydrogen-bond acceptors (Lipinski definition) is 3. The van der Waals surface area contributed by atoms with Gasteiger partial charge in [0.15, 0.2) is 11.6 Å². The number of nitrogens with one attached hydrogen (secondary N) is 2. The fourth-order valence-corrected chi connectivity index (χ4v) is 3.18. The minimum Gasteiger partial charge on any atom is -0.351 e. The van der Waals surface area contributed by atoms with Crippen LogP contribution in [0, 0.1) is 28.0 Å². The zero-order valence-corrected chi connectivity index (χ0v) is 16.7. The van der Waals surface area contributed by atoms with Crippen LogP contribution in [0.5, 0.6) is 0 Å². The number of benzene rings is 2. The number of aryl methyl sites for hydroxylation is 1. The number of rotatable bonds is 6. The highest BCUT2D eigenvalue weighted by Crippen LogP contribution is 2.33. The lowest BCUT2D eigenvalue weighted by Crippen LogP contribution is -2.26. The summed E-state index contributed by atoms with van der Waals surface area (Å²) in [6.07, 6.45) is 2.14. The van der Waals surface area contributed by atoms with Crippen molar-refractivity contribution >= 4 is 51.5 Å². The molecule has 8 heteroatoms. The summed E-state index contributed by atoms with van der Waals surface area (Å²) in [6, 6.07) is 5.51. The molecule has 26 heavy (non-hydrogen) atoms. The molecule has 0 aliphatic heterocycles. The number of hydroxylamine groups is 1. The molecule has 1 fully saturated rings. The number of carbonyl (C=O) groups excluding carboxylic acids is 1. The van der Waals surface area contributed by atoms with E-state index in [4.69, 9.17) is 16.4 Å². The summed E-state index contributed by atoms with van der Waals surface area (Å²) in [4.78, 5) is 17.5. The molecule has 1 saturated carbocycles. The van der Waals surface area contributed by atoms with E-state index < -0.39 is 17.5 Å². The molecule has 0 aromatic heterocycles. The minimum absolute atomic E-state index is 0.0769. The minimum atomic E-state index is -1.16. The van der Waals surface area contributed by atoms with Crippen molar-refractivity contribution in [2.24, 2.45) is 5.92 Å². The lowest BCUT2D eigenvalue weighted by molar-refractivity contribution is 0.0270. The maximum Gasteiger partial charge on any atom is 0.277 e. The van der Waals surface area contributed by atoms with Crippen molar-refractivity contribution in [2.45, 2.75) is 19.8 Å². The van der Waals surface area contributed by atoms with Gasteiger partial charge in [-0.1, -0.05) is 11.6 Å². The van der Waals surface area contributed by atoms with Crippen LogP contribution in [-0.2, 0) is 4.84 Å². The summed E-state index contributed by atoms with van der Waals surface area (Å²) in [6.45, 7) is 2.27. The van der Waals surface area contributed by atoms with Crippen molar-refractivity contribution in [2.75, 3.05) is 11.9 Å². The quantitative estimate of drug-likeness (QED) is 0.422. The van der Waals surface area contributed by atoms with E-state index in [1.54, 1.807) is 12.1 Å². The van der Waals surface area contributed by atoms with Gasteiger partial charge in [0.2, 0.25) is 0 Å². The fraction of sp³-hybridized carbons (Fsp3) is 0.278. The molecule has 0 atom stereocenters. The summed E-state index contributed by atoms with van der Waals surface area (Å²) in [7, 11) is 0. The predicted molar refractivity (Wildman–Crippen MR) is 105 cm³/mol. The predicted octanol–water partition coefficient (Wildman–Crippen LogP) is 5.35. The van der Waals surface area contributed by atoms with E-state index in [-0.39, 0.29) is 11.3 Å². The third kappa shape index (κ3) is 4.44. The van der Waals surface area contributed by atoms with Crippen molar-refractivity contribution in [1.29, 1.82) is 0 Å². The SMILES string of the molecule is Cc1cc(Nc2c(C(=O)NOCC3CC3)ccc(F)c2F)c(Cl)cc1I. The van der Waals surface area contributed by atoms with Gasteiger partial charge in [0.25, 0.3) is 5.91 Å². The highest BCUT2D eigenvalue weighted by molar-refractivity contribution is 14.1. The standard InChI is InChI=1S/C18H16ClF2IN2O2/c1-9-6-15(12(19)7-14(9)22)23-17-11(4-5-13(20)16(17)21)18(25)24-26-8-10-2-3-10/h4-7,10,23H,2-3,8H2,1H3,(H,24,25). The van der Waals surface area contributed by atoms with Crippen LogP contribution in [0.1, 0.15) is 28.8 Å². The van der Waals surface area contributed by atoms with E-state index in [9.17, 15) is 13.6 Å². The first-order chi connectivity index (χ1) is 12.4. The molecule has 1 aliphatic rings. The number of carbonyl (C=O) groups is 1. The average Bonchev–Trinajstić information content (AvgIpc) is 3.41. The zero-order chi connectivity index (χ0) is 18.8. The monoisotopic (exact) mass is 492 g/mol. The highest BCUT2D eigenvalue weighted by atomic mass is 127. The molecule has 3 rings (SSSR count). The third-order valence-corrected chi connectivity index (χ3v) is 5.50. The van der Waals surface area contributed by atoms with Gasteiger partial charge in [0, 0.05) is 3.57 Å². The Bertz CT molecular complexity index is 860. The number of halogens is 4. The van der Waals surface area contributed by atoms with Gasteiger partial charge in [-0.05, 0) is 78.1 Å². The molecule has 2 aromatic carbocycles. The van der Waals surface area contributed by atoms with Crippen LogP contribution in [0.25, 0.3) is 0 Å². The maximum absolute atomic E-state index is 14.4. The molecule has 4 nitrogen and oxygen atoms in total. The molecule has 0 unspecified atom stereocenters. The molecule has 1 amide bonds. The Labute approximate surface area is 168 Å². The van der Waals surface area contributed by atoms with Crippen LogP contribution in [0.4, 0.5) is 20.2 Å². The molecule has 0 spiro atoms. The molecule has 2 N–H and O–H groups in total. The van der Waals surface area contributed by atoms with E-state index in [1.807, 2.05) is 6.92 Å². The Kier molecular flexibility index (Phi) is 5.99. The largest absolute Gasteiger partial charge is 0.351 e. The van der Waals surface area contributed by atoms with Crippen LogP contribution in [0.2, 0.25) is 5.02 Å². The Morgan fingerprint density at radius 1 is 1.35 bits per heavy atom. The van der Waals surface area contributed by atoms with Gasteiger partial charge in [-0.2, -0.15) is 0 Å². The molecular weight excluding hydrogens is 477 g/mol. The Morgan fingerprint density at radius 2 is 2.08 bits per heavy atom. The van der Waals surface area contributed by atoms with Crippen LogP contribution in [0.15, 0.2) is 24.3 Å². The Hall–Kier alpha value is -1.45. The lowest BCUT2D eigenvalue weighted by Gasteiger charge is -2.15. The van der Waals surface area contributed by atoms with Crippen LogP contribution in [-0.4, -0.2) is 12.5 Å². The average molecular weight is 493 g/mol. The molecular formula is C18H16ClF2IN2O2. The molecule has 0 radical (unpaired) electrons. The summed E-state index contributed by atoms with van der Waals surface area (Å²) in [5.74, 6) is -2.44. The lowest BCUT2D eigenvalue weighted by atomic mass is 10.1. The topological polar surface area (TPSA) is 50.4 Å². The van der Waals surface area contributed by atoms with E-state index in [2.05, 4.69) is 33.4 Å². The first-order valence-electron chi connectivity index (χ1n) is 7.99. The maximum atomic E-state index is 14.4. The Balaban J connectivity index is 1.88. The first kappa shape index (κ1) is 19.3. The van der Waals surface area contributed by atoms with Gasteiger partial charge in [-0.3, -0.25) is 9.63 Å². The summed E-state index contributed by atoms with van der Waals surface area (Å²) in [5.41, 5.74) is 3.19. The highest BCUT2D eigenvalue weighted by Gasteiger charge is 2.23. The van der Waals surface area contributed by atoms with Gasteiger partial charge >= 0.3 is 0 Å². The van der Waals surface area contributed by atoms with Crippen LogP contribution < -0.4 is 10.8 Å². The second kappa shape index (κ2) is 8.06. The van der Waals surface area contributed by atoms with Gasteiger partial charge in [0.1, 0.15) is 0 Å². The van der Waals surface area contributed by atoms with Crippen molar-refractivity contribution in [3.8, 4) is 0 Å². The number of amides is 1. The molecule has 138 valence electrons. The number of anilines is 2. The second-order valence-corrected chi connectivity index (χ2v) is 7.75. The molecule has 0 heterocycles.